The van der Waals surface area contributed by atoms with Gasteiger partial charge in [0.1, 0.15) is 5.75 Å². The Morgan fingerprint density at radius 3 is 2.35 bits per heavy atom. The topological polar surface area (TPSA) is 35.3 Å². The third-order valence-electron chi connectivity index (χ3n) is 2.21. The maximum absolute atomic E-state index is 11.5. The molecular weight excluding hydrogens is 234 g/mol. The molecule has 0 aliphatic heterocycles. The molecule has 1 rings (SSSR count). The number of ether oxygens (including phenoxy) is 1. The number of benzene rings is 1. The van der Waals surface area contributed by atoms with Crippen LogP contribution in [0.15, 0.2) is 29.2 Å². The molecule has 94 valence electrons. The van der Waals surface area contributed by atoms with E-state index in [0.29, 0.717) is 6.61 Å². The summed E-state index contributed by atoms with van der Waals surface area (Å²) in [6.07, 6.45) is 3.55. The van der Waals surface area contributed by atoms with E-state index in [1.165, 1.54) is 11.1 Å². The first-order valence-electron chi connectivity index (χ1n) is 5.50. The first-order valence-corrected chi connectivity index (χ1v) is 6.72. The van der Waals surface area contributed by atoms with E-state index in [9.17, 15) is 5.21 Å². The summed E-state index contributed by atoms with van der Waals surface area (Å²) in [6, 6.07) is 7.81. The molecule has 0 atom stereocenters. The van der Waals surface area contributed by atoms with Gasteiger partial charge < -0.3 is 9.94 Å². The normalized spacial score (nSPS) is 12.6. The standard InChI is InChI=1S/C13H19NO2S/c1-13(2,3)14(15)9-10-16-11-5-7-12(17-4)8-6-11/h5-9H,10H2,1-4H3. The lowest BCUT2D eigenvalue weighted by atomic mass is 10.1. The summed E-state index contributed by atoms with van der Waals surface area (Å²) >= 11 is 1.69. The largest absolute Gasteiger partial charge is 0.624 e. The van der Waals surface area contributed by atoms with Crippen molar-refractivity contribution < 1.29 is 9.48 Å². The lowest BCUT2D eigenvalue weighted by Crippen LogP contribution is -2.30. The molecule has 0 amide bonds. The molecule has 0 bridgehead atoms. The maximum atomic E-state index is 11.5. The molecule has 0 N–H and O–H groups in total. The molecule has 1 aromatic carbocycles. The summed E-state index contributed by atoms with van der Waals surface area (Å²) in [5.41, 5.74) is -0.411. The molecule has 0 aliphatic carbocycles. The van der Waals surface area contributed by atoms with E-state index >= 15 is 0 Å². The SMILES string of the molecule is CSc1ccc(OCC=[N+]([O-])C(C)(C)C)cc1. The summed E-state index contributed by atoms with van der Waals surface area (Å²) in [6.45, 7) is 5.89. The number of nitrogens with zero attached hydrogens (tertiary/aromatic N) is 1. The summed E-state index contributed by atoms with van der Waals surface area (Å²) < 4.78 is 6.38. The second kappa shape index (κ2) is 5.96. The number of thioether (sulfide) groups is 1. The van der Waals surface area contributed by atoms with Gasteiger partial charge in [0.2, 0.25) is 0 Å². The minimum Gasteiger partial charge on any atom is -0.624 e. The van der Waals surface area contributed by atoms with Gasteiger partial charge >= 0.3 is 0 Å². The molecule has 0 unspecified atom stereocenters. The van der Waals surface area contributed by atoms with Crippen LogP contribution >= 0.6 is 11.8 Å². The zero-order chi connectivity index (χ0) is 12.9. The molecular formula is C13H19NO2S. The van der Waals surface area contributed by atoms with Gasteiger partial charge in [0.05, 0.1) is 0 Å². The fourth-order valence-corrected chi connectivity index (χ4v) is 1.56. The Hall–Kier alpha value is -1.16. The summed E-state index contributed by atoms with van der Waals surface area (Å²) in [5.74, 6) is 0.779. The first kappa shape index (κ1) is 13.9. The predicted molar refractivity (Wildman–Crippen MR) is 73.2 cm³/mol. The first-order chi connectivity index (χ1) is 7.93. The molecule has 0 heterocycles. The Labute approximate surface area is 107 Å². The van der Waals surface area contributed by atoms with Crippen LogP contribution in [0.3, 0.4) is 0 Å². The average molecular weight is 253 g/mol. The van der Waals surface area contributed by atoms with E-state index in [-0.39, 0.29) is 0 Å². The van der Waals surface area contributed by atoms with Crippen molar-refractivity contribution in [2.75, 3.05) is 12.9 Å². The van der Waals surface area contributed by atoms with E-state index in [1.54, 1.807) is 11.8 Å². The smallest absolute Gasteiger partial charge is 0.189 e. The monoisotopic (exact) mass is 253 g/mol. The van der Waals surface area contributed by atoms with Gasteiger partial charge in [-0.15, -0.1) is 11.8 Å². The van der Waals surface area contributed by atoms with Gasteiger partial charge in [-0.25, -0.2) is 4.74 Å². The zero-order valence-electron chi connectivity index (χ0n) is 10.8. The lowest BCUT2D eigenvalue weighted by molar-refractivity contribution is -0.532. The Balaban J connectivity index is 2.51. The molecule has 3 nitrogen and oxygen atoms in total. The Morgan fingerprint density at radius 2 is 1.88 bits per heavy atom. The van der Waals surface area contributed by atoms with Crippen molar-refractivity contribution in [1.29, 1.82) is 0 Å². The highest BCUT2D eigenvalue weighted by atomic mass is 32.2. The van der Waals surface area contributed by atoms with Gasteiger partial charge in [-0.05, 0) is 30.5 Å². The summed E-state index contributed by atoms with van der Waals surface area (Å²) in [7, 11) is 0. The lowest BCUT2D eigenvalue weighted by Gasteiger charge is -2.18. The van der Waals surface area contributed by atoms with E-state index in [2.05, 4.69) is 0 Å². The second-order valence-electron chi connectivity index (χ2n) is 4.67. The molecule has 0 fully saturated rings. The number of hydrogen-bond donors (Lipinski definition) is 0. The highest BCUT2D eigenvalue weighted by Gasteiger charge is 2.17. The van der Waals surface area contributed by atoms with Crippen LogP contribution in [0.2, 0.25) is 0 Å². The van der Waals surface area contributed by atoms with Gasteiger partial charge in [-0.3, -0.25) is 0 Å². The molecule has 0 saturated heterocycles. The van der Waals surface area contributed by atoms with Gasteiger partial charge in [0, 0.05) is 25.7 Å². The molecule has 0 spiro atoms. The Morgan fingerprint density at radius 1 is 1.29 bits per heavy atom. The van der Waals surface area contributed by atoms with Crippen LogP contribution in [0, 0.1) is 5.21 Å². The van der Waals surface area contributed by atoms with Gasteiger partial charge in [-0.2, -0.15) is 0 Å². The third-order valence-corrected chi connectivity index (χ3v) is 2.95. The fourth-order valence-electron chi connectivity index (χ4n) is 1.15. The van der Waals surface area contributed by atoms with Gasteiger partial charge in [0.25, 0.3) is 0 Å². The van der Waals surface area contributed by atoms with Crippen LogP contribution in [-0.4, -0.2) is 29.4 Å². The number of rotatable bonds is 4. The molecule has 4 heteroatoms. The highest BCUT2D eigenvalue weighted by Crippen LogP contribution is 2.18. The minimum atomic E-state index is -0.411. The quantitative estimate of drug-likeness (QED) is 0.272. The van der Waals surface area contributed by atoms with E-state index in [4.69, 9.17) is 4.74 Å². The molecule has 0 aromatic heterocycles. The second-order valence-corrected chi connectivity index (χ2v) is 5.55. The molecule has 1 aromatic rings. The van der Waals surface area contributed by atoms with Crippen molar-refractivity contribution >= 4 is 18.0 Å². The van der Waals surface area contributed by atoms with Crippen molar-refractivity contribution in [2.24, 2.45) is 0 Å². The number of hydrogen-bond acceptors (Lipinski definition) is 3. The minimum absolute atomic E-state index is 0.291. The molecule has 0 saturated carbocycles. The van der Waals surface area contributed by atoms with E-state index in [0.717, 1.165) is 10.5 Å². The predicted octanol–water partition coefficient (Wildman–Crippen LogP) is 3.17. The molecule has 0 radical (unpaired) electrons. The van der Waals surface area contributed by atoms with Crippen LogP contribution in [0.1, 0.15) is 20.8 Å². The van der Waals surface area contributed by atoms with Gasteiger partial charge in [-0.1, -0.05) is 0 Å². The molecule has 0 aliphatic rings. The summed E-state index contributed by atoms with van der Waals surface area (Å²) in [4.78, 5) is 1.20. The van der Waals surface area contributed by atoms with E-state index < -0.39 is 5.54 Å². The van der Waals surface area contributed by atoms with Crippen molar-refractivity contribution in [3.8, 4) is 5.75 Å². The van der Waals surface area contributed by atoms with Crippen LogP contribution in [0.5, 0.6) is 5.75 Å². The van der Waals surface area contributed by atoms with Crippen molar-refractivity contribution in [2.45, 2.75) is 31.2 Å². The Bertz CT molecular complexity index is 379. The third kappa shape index (κ3) is 4.69. The van der Waals surface area contributed by atoms with E-state index in [1.807, 2.05) is 51.3 Å². The van der Waals surface area contributed by atoms with Crippen molar-refractivity contribution in [3.05, 3.63) is 29.5 Å². The van der Waals surface area contributed by atoms with Crippen molar-refractivity contribution in [3.63, 3.8) is 0 Å². The zero-order valence-corrected chi connectivity index (χ0v) is 11.6. The number of hydroxylamine groups is 1. The summed E-state index contributed by atoms with van der Waals surface area (Å²) in [5, 5.41) is 11.5. The van der Waals surface area contributed by atoms with Crippen LogP contribution in [0.4, 0.5) is 0 Å². The van der Waals surface area contributed by atoms with Gasteiger partial charge in [0.15, 0.2) is 18.4 Å². The van der Waals surface area contributed by atoms with Crippen LogP contribution < -0.4 is 4.74 Å². The highest BCUT2D eigenvalue weighted by molar-refractivity contribution is 7.98. The molecule has 17 heavy (non-hydrogen) atoms. The Kier molecular flexibility index (Phi) is 4.87. The fraction of sp³-hybridized carbons (Fsp3) is 0.462. The maximum Gasteiger partial charge on any atom is 0.189 e. The van der Waals surface area contributed by atoms with Crippen LogP contribution in [0.25, 0.3) is 0 Å². The average Bonchev–Trinajstić information content (AvgIpc) is 2.28. The van der Waals surface area contributed by atoms with Crippen molar-refractivity contribution in [1.82, 2.24) is 0 Å². The van der Waals surface area contributed by atoms with Crippen LogP contribution in [-0.2, 0) is 0 Å².